The molecule has 0 atom stereocenters. The maximum atomic E-state index is 11.4. The molecule has 0 saturated carbocycles. The Hall–Kier alpha value is -1.30. The highest BCUT2D eigenvalue weighted by atomic mass is 79.9. The van der Waals surface area contributed by atoms with Crippen LogP contribution in [0, 0.1) is 0 Å². The number of carbonyl (C=O) groups is 1. The van der Waals surface area contributed by atoms with Gasteiger partial charge in [-0.15, -0.1) is 11.8 Å². The van der Waals surface area contributed by atoms with Crippen LogP contribution in [0.25, 0.3) is 0 Å². The van der Waals surface area contributed by atoms with E-state index < -0.39 is 0 Å². The number of halogens is 1. The average Bonchev–Trinajstić information content (AvgIpc) is 2.47. The second-order valence-electron chi connectivity index (χ2n) is 4.23. The van der Waals surface area contributed by atoms with Crippen molar-refractivity contribution in [1.29, 1.82) is 0 Å². The van der Waals surface area contributed by atoms with Crippen molar-refractivity contribution in [3.05, 3.63) is 64.1 Å². The van der Waals surface area contributed by atoms with Gasteiger partial charge < -0.3 is 0 Å². The topological polar surface area (TPSA) is 55.1 Å². The Kier molecular flexibility index (Phi) is 5.64. The van der Waals surface area contributed by atoms with Gasteiger partial charge in [-0.3, -0.25) is 10.2 Å². The summed E-state index contributed by atoms with van der Waals surface area (Å²) < 4.78 is 1.09. The quantitative estimate of drug-likeness (QED) is 0.376. The van der Waals surface area contributed by atoms with Crippen LogP contribution in [-0.2, 0) is 17.0 Å². The Morgan fingerprint density at radius 1 is 1.10 bits per heavy atom. The minimum absolute atomic E-state index is 0.177. The Labute approximate surface area is 131 Å². The van der Waals surface area contributed by atoms with E-state index >= 15 is 0 Å². The fourth-order valence-electron chi connectivity index (χ4n) is 1.81. The van der Waals surface area contributed by atoms with Crippen molar-refractivity contribution >= 4 is 33.6 Å². The Bertz CT molecular complexity index is 604. The molecule has 0 spiro atoms. The second kappa shape index (κ2) is 7.47. The summed E-state index contributed by atoms with van der Waals surface area (Å²) in [6.07, 6.45) is 0.309. The van der Waals surface area contributed by atoms with Gasteiger partial charge in [0.2, 0.25) is 5.91 Å². The third-order valence-corrected chi connectivity index (χ3v) is 4.93. The molecule has 0 radical (unpaired) electrons. The number of benzene rings is 2. The maximum absolute atomic E-state index is 11.4. The molecule has 2 aromatic carbocycles. The van der Waals surface area contributed by atoms with E-state index in [2.05, 4.69) is 27.4 Å². The molecule has 0 fully saturated rings. The lowest BCUT2D eigenvalue weighted by Gasteiger charge is -2.09. The summed E-state index contributed by atoms with van der Waals surface area (Å²) in [4.78, 5) is 12.6. The molecule has 0 aliphatic heterocycles. The molecule has 2 rings (SSSR count). The molecule has 0 aliphatic carbocycles. The predicted molar refractivity (Wildman–Crippen MR) is 86.2 cm³/mol. The molecule has 5 heteroatoms. The number of hydrogen-bond donors (Lipinski definition) is 2. The molecule has 20 heavy (non-hydrogen) atoms. The fourth-order valence-corrected chi connectivity index (χ4v) is 3.41. The first-order chi connectivity index (χ1) is 9.70. The molecule has 2 aromatic rings. The van der Waals surface area contributed by atoms with Gasteiger partial charge in [-0.25, -0.2) is 5.84 Å². The monoisotopic (exact) mass is 350 g/mol. The first-order valence-corrected chi connectivity index (χ1v) is 7.92. The predicted octanol–water partition coefficient (Wildman–Crippen LogP) is 3.27. The second-order valence-corrected chi connectivity index (χ2v) is 6.10. The van der Waals surface area contributed by atoms with Crippen molar-refractivity contribution < 1.29 is 4.79 Å². The molecule has 0 bridgehead atoms. The lowest BCUT2D eigenvalue weighted by Crippen LogP contribution is -2.31. The Balaban J connectivity index is 2.10. The van der Waals surface area contributed by atoms with Crippen molar-refractivity contribution in [3.8, 4) is 0 Å². The largest absolute Gasteiger partial charge is 0.294 e. The van der Waals surface area contributed by atoms with Crippen LogP contribution in [0.4, 0.5) is 0 Å². The molecule has 0 saturated heterocycles. The van der Waals surface area contributed by atoms with Crippen molar-refractivity contribution in [2.75, 3.05) is 0 Å². The molecular formula is C15H15BrN2OS. The molecule has 3 nitrogen and oxygen atoms in total. The van der Waals surface area contributed by atoms with Gasteiger partial charge in [0.05, 0.1) is 6.42 Å². The van der Waals surface area contributed by atoms with Gasteiger partial charge in [0, 0.05) is 15.1 Å². The van der Waals surface area contributed by atoms with Gasteiger partial charge in [0.15, 0.2) is 0 Å². The van der Waals surface area contributed by atoms with Crippen molar-refractivity contribution in [2.24, 2.45) is 5.84 Å². The van der Waals surface area contributed by atoms with E-state index in [4.69, 9.17) is 5.84 Å². The van der Waals surface area contributed by atoms with Crippen LogP contribution in [0.15, 0.2) is 57.9 Å². The van der Waals surface area contributed by atoms with Crippen LogP contribution >= 0.6 is 27.7 Å². The van der Waals surface area contributed by atoms with Crippen LogP contribution < -0.4 is 11.3 Å². The van der Waals surface area contributed by atoms with Crippen molar-refractivity contribution in [1.82, 2.24) is 5.43 Å². The van der Waals surface area contributed by atoms with E-state index in [9.17, 15) is 4.79 Å². The minimum Gasteiger partial charge on any atom is -0.294 e. The summed E-state index contributed by atoms with van der Waals surface area (Å²) in [6.45, 7) is 0. The third kappa shape index (κ3) is 4.10. The molecule has 0 unspecified atom stereocenters. The molecule has 1 amide bonds. The van der Waals surface area contributed by atoms with Crippen molar-refractivity contribution in [2.45, 2.75) is 17.1 Å². The molecule has 3 N–H and O–H groups in total. The molecule has 0 heterocycles. The van der Waals surface area contributed by atoms with Gasteiger partial charge in [-0.05, 0) is 39.2 Å². The summed E-state index contributed by atoms with van der Waals surface area (Å²) >= 11 is 5.28. The van der Waals surface area contributed by atoms with E-state index in [-0.39, 0.29) is 5.91 Å². The molecule has 0 aromatic heterocycles. The van der Waals surface area contributed by atoms with Crippen LogP contribution in [0.5, 0.6) is 0 Å². The Morgan fingerprint density at radius 2 is 1.75 bits per heavy atom. The first-order valence-electron chi connectivity index (χ1n) is 6.14. The summed E-state index contributed by atoms with van der Waals surface area (Å²) in [7, 11) is 0. The zero-order valence-electron chi connectivity index (χ0n) is 10.8. The number of hydrazine groups is 1. The minimum atomic E-state index is -0.177. The zero-order valence-corrected chi connectivity index (χ0v) is 13.2. The van der Waals surface area contributed by atoms with E-state index in [0.29, 0.717) is 6.42 Å². The Morgan fingerprint density at radius 3 is 2.45 bits per heavy atom. The summed E-state index contributed by atoms with van der Waals surface area (Å²) in [5, 5.41) is 0. The summed E-state index contributed by atoms with van der Waals surface area (Å²) in [6, 6.07) is 16.0. The van der Waals surface area contributed by atoms with Crippen molar-refractivity contribution in [3.63, 3.8) is 0 Å². The summed E-state index contributed by atoms with van der Waals surface area (Å²) in [5.41, 5.74) is 4.33. The number of carbonyl (C=O) groups excluding carboxylic acids is 1. The number of amides is 1. The van der Waals surface area contributed by atoms with E-state index in [1.165, 1.54) is 4.90 Å². The van der Waals surface area contributed by atoms with E-state index in [1.807, 2.05) is 42.5 Å². The SMILES string of the molecule is NNC(=O)Cc1ccccc1CSc1ccccc1Br. The number of thioether (sulfide) groups is 1. The van der Waals surface area contributed by atoms with Crippen LogP contribution in [0.1, 0.15) is 11.1 Å². The fraction of sp³-hybridized carbons (Fsp3) is 0.133. The first kappa shape index (κ1) is 15.1. The average molecular weight is 351 g/mol. The van der Waals surface area contributed by atoms with E-state index in [0.717, 1.165) is 21.4 Å². The molecule has 104 valence electrons. The number of nitrogens with one attached hydrogen (secondary N) is 1. The lowest BCUT2D eigenvalue weighted by molar-refractivity contribution is -0.120. The number of nitrogens with two attached hydrogens (primary N) is 1. The lowest BCUT2D eigenvalue weighted by atomic mass is 10.1. The smallest absolute Gasteiger partial charge is 0.238 e. The van der Waals surface area contributed by atoms with Gasteiger partial charge in [-0.2, -0.15) is 0 Å². The van der Waals surface area contributed by atoms with Gasteiger partial charge in [0.25, 0.3) is 0 Å². The number of rotatable bonds is 5. The molecule has 0 aliphatic rings. The standard InChI is InChI=1S/C15H15BrN2OS/c16-13-7-3-4-8-14(13)20-10-12-6-2-1-5-11(12)9-15(19)18-17/h1-8H,9-10,17H2,(H,18,19). The van der Waals surface area contributed by atoms with Gasteiger partial charge in [0.1, 0.15) is 0 Å². The van der Waals surface area contributed by atoms with E-state index in [1.54, 1.807) is 11.8 Å². The highest BCUT2D eigenvalue weighted by Gasteiger charge is 2.08. The van der Waals surface area contributed by atoms with Crippen LogP contribution in [0.2, 0.25) is 0 Å². The molecular weight excluding hydrogens is 336 g/mol. The highest BCUT2D eigenvalue weighted by molar-refractivity contribution is 9.10. The maximum Gasteiger partial charge on any atom is 0.238 e. The number of hydrogen-bond acceptors (Lipinski definition) is 3. The van der Waals surface area contributed by atoms with Gasteiger partial charge in [-0.1, -0.05) is 36.4 Å². The normalized spacial score (nSPS) is 10.3. The van der Waals surface area contributed by atoms with Gasteiger partial charge >= 0.3 is 0 Å². The van der Waals surface area contributed by atoms with Crippen LogP contribution in [0.3, 0.4) is 0 Å². The zero-order chi connectivity index (χ0) is 14.4. The summed E-state index contributed by atoms with van der Waals surface area (Å²) in [5.74, 6) is 5.78. The van der Waals surface area contributed by atoms with Crippen LogP contribution in [-0.4, -0.2) is 5.91 Å². The highest BCUT2D eigenvalue weighted by Crippen LogP contribution is 2.30. The third-order valence-electron chi connectivity index (χ3n) is 2.85.